The van der Waals surface area contributed by atoms with Crippen molar-refractivity contribution in [3.05, 3.63) is 63.2 Å². The molecule has 8 nitrogen and oxygen atoms in total. The fraction of sp³-hybridized carbons (Fsp3) is 0. The summed E-state index contributed by atoms with van der Waals surface area (Å²) in [5, 5.41) is 24.2. The summed E-state index contributed by atoms with van der Waals surface area (Å²) in [6, 6.07) is 11.6. The second-order valence-electron chi connectivity index (χ2n) is 4.49. The molecule has 0 unspecified atom stereocenters. The van der Waals surface area contributed by atoms with Crippen LogP contribution in [0.25, 0.3) is 0 Å². The summed E-state index contributed by atoms with van der Waals surface area (Å²) in [7, 11) is 0. The molecule has 9 heteroatoms. The number of hydrogen-bond donors (Lipinski definition) is 2. The highest BCUT2D eigenvalue weighted by atomic mass is 35.5. The van der Waals surface area contributed by atoms with Gasteiger partial charge in [0.2, 0.25) is 0 Å². The Balaban J connectivity index is 2.12. The van der Waals surface area contributed by atoms with E-state index in [2.05, 4.69) is 10.6 Å². The van der Waals surface area contributed by atoms with Crippen molar-refractivity contribution in [2.75, 3.05) is 10.6 Å². The summed E-state index contributed by atoms with van der Waals surface area (Å²) >= 11 is 5.67. The number of carbonyl (C=O) groups excluding carboxylic acids is 2. The van der Waals surface area contributed by atoms with Gasteiger partial charge in [-0.05, 0) is 24.3 Å². The lowest BCUT2D eigenvalue weighted by Gasteiger charge is -2.08. The minimum atomic E-state index is -1.04. The molecule has 2 amide bonds. The van der Waals surface area contributed by atoms with Crippen molar-refractivity contribution in [1.29, 1.82) is 5.26 Å². The quantitative estimate of drug-likeness (QED) is 0.503. The molecule has 0 aliphatic carbocycles. The van der Waals surface area contributed by atoms with Gasteiger partial charge in [0.25, 0.3) is 5.69 Å². The van der Waals surface area contributed by atoms with Crippen molar-refractivity contribution in [2.24, 2.45) is 0 Å². The molecule has 0 bridgehead atoms. The van der Waals surface area contributed by atoms with E-state index in [0.717, 1.165) is 6.07 Å². The van der Waals surface area contributed by atoms with Gasteiger partial charge in [0.15, 0.2) is 0 Å². The third-order valence-corrected chi connectivity index (χ3v) is 3.22. The largest absolute Gasteiger partial charge is 0.318 e. The van der Waals surface area contributed by atoms with Gasteiger partial charge in [0.1, 0.15) is 11.1 Å². The number of amides is 2. The fourth-order valence-electron chi connectivity index (χ4n) is 1.79. The fourth-order valence-corrected chi connectivity index (χ4v) is 1.97. The Kier molecular flexibility index (Phi) is 5.09. The zero-order valence-corrected chi connectivity index (χ0v) is 12.7. The van der Waals surface area contributed by atoms with E-state index in [9.17, 15) is 19.7 Å². The predicted octanol–water partition coefficient (Wildman–Crippen LogP) is 2.70. The monoisotopic (exact) mass is 344 g/mol. The molecule has 24 heavy (non-hydrogen) atoms. The van der Waals surface area contributed by atoms with E-state index >= 15 is 0 Å². The summed E-state index contributed by atoms with van der Waals surface area (Å²) < 4.78 is 0. The number of halogens is 1. The normalized spacial score (nSPS) is 9.67. The van der Waals surface area contributed by atoms with Crippen LogP contribution in [0.15, 0.2) is 42.5 Å². The number of nitro groups is 1. The maximum atomic E-state index is 11.9. The van der Waals surface area contributed by atoms with Gasteiger partial charge >= 0.3 is 11.8 Å². The number of carbonyl (C=O) groups is 2. The zero-order chi connectivity index (χ0) is 17.7. The molecule has 0 fully saturated rings. The molecule has 120 valence electrons. The summed E-state index contributed by atoms with van der Waals surface area (Å²) in [6.07, 6.45) is 0. The van der Waals surface area contributed by atoms with Gasteiger partial charge in [-0.15, -0.1) is 0 Å². The van der Waals surface area contributed by atoms with Crippen LogP contribution in [0, 0.1) is 21.4 Å². The topological polar surface area (TPSA) is 125 Å². The van der Waals surface area contributed by atoms with Gasteiger partial charge < -0.3 is 10.6 Å². The highest BCUT2D eigenvalue weighted by Crippen LogP contribution is 2.27. The summed E-state index contributed by atoms with van der Waals surface area (Å²) in [4.78, 5) is 33.8. The summed E-state index contributed by atoms with van der Waals surface area (Å²) in [6.45, 7) is 0. The Hall–Kier alpha value is -3.44. The number of hydrogen-bond acceptors (Lipinski definition) is 5. The molecule has 0 heterocycles. The maximum Gasteiger partial charge on any atom is 0.314 e. The summed E-state index contributed by atoms with van der Waals surface area (Å²) in [5.74, 6) is -2.06. The van der Waals surface area contributed by atoms with Crippen LogP contribution in [0.1, 0.15) is 5.56 Å². The number of nitrogens with zero attached hydrogens (tertiary/aromatic N) is 2. The average Bonchev–Trinajstić information content (AvgIpc) is 2.56. The number of anilines is 2. The molecule has 0 saturated carbocycles. The van der Waals surface area contributed by atoms with Crippen LogP contribution in [0.4, 0.5) is 17.1 Å². The number of nitriles is 1. The number of rotatable bonds is 3. The Morgan fingerprint density at radius 3 is 2.46 bits per heavy atom. The van der Waals surface area contributed by atoms with Crippen LogP contribution < -0.4 is 10.6 Å². The third kappa shape index (κ3) is 3.85. The van der Waals surface area contributed by atoms with Crippen LogP contribution >= 0.6 is 11.6 Å². The third-order valence-electron chi connectivity index (χ3n) is 2.90. The van der Waals surface area contributed by atoms with Crippen LogP contribution in [-0.2, 0) is 9.59 Å². The lowest BCUT2D eigenvalue weighted by Crippen LogP contribution is -2.29. The van der Waals surface area contributed by atoms with Gasteiger partial charge in [-0.25, -0.2) is 0 Å². The first-order valence-electron chi connectivity index (χ1n) is 6.47. The molecule has 0 atom stereocenters. The van der Waals surface area contributed by atoms with Crippen LogP contribution in [0.5, 0.6) is 0 Å². The standard InChI is InChI=1S/C15H9ClN4O4/c16-11-6-5-10(7-13(11)20(23)24)18-14(21)15(22)19-12-4-2-1-3-9(12)8-17/h1-7H,(H,18,21)(H,19,22). The summed E-state index contributed by atoms with van der Waals surface area (Å²) in [5.41, 5.74) is 0.0209. The maximum absolute atomic E-state index is 11.9. The van der Waals surface area contributed by atoms with Crippen molar-refractivity contribution < 1.29 is 14.5 Å². The van der Waals surface area contributed by atoms with Gasteiger partial charge in [0.05, 0.1) is 16.2 Å². The minimum Gasteiger partial charge on any atom is -0.318 e. The molecule has 2 rings (SSSR count). The lowest BCUT2D eigenvalue weighted by atomic mass is 10.2. The molecule has 0 radical (unpaired) electrons. The second-order valence-corrected chi connectivity index (χ2v) is 4.90. The van der Waals surface area contributed by atoms with Crippen molar-refractivity contribution in [3.8, 4) is 6.07 Å². The molecule has 2 aromatic carbocycles. The first kappa shape index (κ1) is 16.9. The molecule has 0 spiro atoms. The smallest absolute Gasteiger partial charge is 0.314 e. The molecular formula is C15H9ClN4O4. The van der Waals surface area contributed by atoms with Gasteiger partial charge in [-0.1, -0.05) is 23.7 Å². The average molecular weight is 345 g/mol. The zero-order valence-electron chi connectivity index (χ0n) is 11.9. The highest BCUT2D eigenvalue weighted by molar-refractivity contribution is 6.43. The van der Waals surface area contributed by atoms with E-state index < -0.39 is 22.4 Å². The van der Waals surface area contributed by atoms with E-state index in [1.807, 2.05) is 6.07 Å². The van der Waals surface area contributed by atoms with E-state index in [4.69, 9.17) is 16.9 Å². The van der Waals surface area contributed by atoms with Gasteiger partial charge in [0, 0.05) is 11.8 Å². The Bertz CT molecular complexity index is 876. The molecule has 0 aliphatic heterocycles. The van der Waals surface area contributed by atoms with Crippen molar-refractivity contribution in [2.45, 2.75) is 0 Å². The van der Waals surface area contributed by atoms with E-state index in [1.165, 1.54) is 24.3 Å². The van der Waals surface area contributed by atoms with Crippen LogP contribution in [0.3, 0.4) is 0 Å². The Labute approximate surface area is 140 Å². The molecule has 0 saturated heterocycles. The lowest BCUT2D eigenvalue weighted by molar-refractivity contribution is -0.384. The minimum absolute atomic E-state index is 0.0415. The van der Waals surface area contributed by atoms with E-state index in [0.29, 0.717) is 0 Å². The Morgan fingerprint density at radius 2 is 1.79 bits per heavy atom. The van der Waals surface area contributed by atoms with E-state index in [1.54, 1.807) is 12.1 Å². The van der Waals surface area contributed by atoms with E-state index in [-0.39, 0.29) is 22.0 Å². The van der Waals surface area contributed by atoms with Crippen molar-refractivity contribution in [3.63, 3.8) is 0 Å². The van der Waals surface area contributed by atoms with Crippen molar-refractivity contribution in [1.82, 2.24) is 0 Å². The molecule has 0 aromatic heterocycles. The van der Waals surface area contributed by atoms with Gasteiger partial charge in [-0.3, -0.25) is 19.7 Å². The number of nitrogens with one attached hydrogen (secondary N) is 2. The Morgan fingerprint density at radius 1 is 1.12 bits per heavy atom. The molecule has 2 aromatic rings. The first-order chi connectivity index (χ1) is 11.4. The number of benzene rings is 2. The molecule has 2 N–H and O–H groups in total. The molecule has 0 aliphatic rings. The molecular weight excluding hydrogens is 336 g/mol. The van der Waals surface area contributed by atoms with Crippen LogP contribution in [0.2, 0.25) is 5.02 Å². The van der Waals surface area contributed by atoms with Gasteiger partial charge in [-0.2, -0.15) is 5.26 Å². The first-order valence-corrected chi connectivity index (χ1v) is 6.85. The van der Waals surface area contributed by atoms with Crippen LogP contribution in [-0.4, -0.2) is 16.7 Å². The number of para-hydroxylation sites is 1. The van der Waals surface area contributed by atoms with Crippen molar-refractivity contribution >= 4 is 40.5 Å². The number of nitro benzene ring substituents is 1. The SMILES string of the molecule is N#Cc1ccccc1NC(=O)C(=O)Nc1ccc(Cl)c([N+](=O)[O-])c1. The predicted molar refractivity (Wildman–Crippen MR) is 86.5 cm³/mol. The second kappa shape index (κ2) is 7.21. The highest BCUT2D eigenvalue weighted by Gasteiger charge is 2.18.